The lowest BCUT2D eigenvalue weighted by atomic mass is 9.96. The van der Waals surface area contributed by atoms with Crippen molar-refractivity contribution in [1.29, 1.82) is 0 Å². The van der Waals surface area contributed by atoms with Crippen LogP contribution in [0, 0.1) is 5.82 Å². The maximum atomic E-state index is 13.0. The Morgan fingerprint density at radius 1 is 1.32 bits per heavy atom. The van der Waals surface area contributed by atoms with Gasteiger partial charge in [-0.2, -0.15) is 13.2 Å². The molecule has 0 aromatic heterocycles. The highest BCUT2D eigenvalue weighted by atomic mass is 19.4. The van der Waals surface area contributed by atoms with Crippen LogP contribution >= 0.6 is 0 Å². The number of aliphatic hydroxyl groups is 2. The zero-order valence-corrected chi connectivity index (χ0v) is 9.49. The number of aliphatic hydroxyl groups excluding tert-OH is 2. The second kappa shape index (κ2) is 5.54. The maximum Gasteiger partial charge on any atom is 0.416 e. The molecular formula is C11H11F4NO3. The number of hydrogen-bond acceptors (Lipinski definition) is 3. The van der Waals surface area contributed by atoms with Crippen molar-refractivity contribution in [3.8, 4) is 0 Å². The fourth-order valence-corrected chi connectivity index (χ4v) is 1.56. The molecule has 19 heavy (non-hydrogen) atoms. The number of halogens is 4. The van der Waals surface area contributed by atoms with E-state index in [0.29, 0.717) is 18.2 Å². The Morgan fingerprint density at radius 3 is 2.37 bits per heavy atom. The van der Waals surface area contributed by atoms with Crippen LogP contribution in [0.3, 0.4) is 0 Å². The first-order valence-corrected chi connectivity index (χ1v) is 5.14. The molecule has 0 bridgehead atoms. The molecule has 2 unspecified atom stereocenters. The minimum atomic E-state index is -4.82. The van der Waals surface area contributed by atoms with Crippen molar-refractivity contribution >= 4 is 5.91 Å². The van der Waals surface area contributed by atoms with Crippen LogP contribution in [-0.4, -0.2) is 22.2 Å². The van der Waals surface area contributed by atoms with Gasteiger partial charge in [0.2, 0.25) is 5.91 Å². The summed E-state index contributed by atoms with van der Waals surface area (Å²) in [5.74, 6) is -2.01. The van der Waals surface area contributed by atoms with Crippen LogP contribution in [0.25, 0.3) is 0 Å². The third kappa shape index (κ3) is 3.90. The van der Waals surface area contributed by atoms with Gasteiger partial charge in [0.15, 0.2) is 0 Å². The number of carbonyl (C=O) groups excluding carboxylic acids is 1. The average molecular weight is 281 g/mol. The Kier molecular flexibility index (Phi) is 4.48. The molecule has 1 amide bonds. The number of carbonyl (C=O) groups is 1. The van der Waals surface area contributed by atoms with Crippen LogP contribution in [0.1, 0.15) is 23.7 Å². The normalized spacial score (nSPS) is 15.1. The SMILES string of the molecule is NC(=O)CC(O)C(O)c1cc(F)ccc1C(F)(F)F. The average Bonchev–Trinajstić information content (AvgIpc) is 2.25. The first kappa shape index (κ1) is 15.4. The second-order valence-electron chi connectivity index (χ2n) is 3.91. The van der Waals surface area contributed by atoms with Gasteiger partial charge in [-0.25, -0.2) is 4.39 Å². The van der Waals surface area contributed by atoms with Crippen molar-refractivity contribution in [1.82, 2.24) is 0 Å². The van der Waals surface area contributed by atoms with Crippen molar-refractivity contribution < 1.29 is 32.6 Å². The largest absolute Gasteiger partial charge is 0.416 e. The Morgan fingerprint density at radius 2 is 1.89 bits per heavy atom. The lowest BCUT2D eigenvalue weighted by molar-refractivity contribution is -0.140. The van der Waals surface area contributed by atoms with Crippen molar-refractivity contribution in [2.24, 2.45) is 5.73 Å². The predicted molar refractivity (Wildman–Crippen MR) is 56.2 cm³/mol. The van der Waals surface area contributed by atoms with Crippen LogP contribution in [0.15, 0.2) is 18.2 Å². The molecule has 1 aromatic carbocycles. The maximum absolute atomic E-state index is 13.0. The highest BCUT2D eigenvalue weighted by molar-refractivity contribution is 5.74. The molecule has 4 N–H and O–H groups in total. The molecule has 0 spiro atoms. The quantitative estimate of drug-likeness (QED) is 0.723. The first-order chi connectivity index (χ1) is 8.62. The van der Waals surface area contributed by atoms with Gasteiger partial charge >= 0.3 is 6.18 Å². The van der Waals surface area contributed by atoms with E-state index in [9.17, 15) is 32.6 Å². The van der Waals surface area contributed by atoms with E-state index < -0.39 is 47.7 Å². The molecule has 8 heteroatoms. The second-order valence-corrected chi connectivity index (χ2v) is 3.91. The molecule has 4 nitrogen and oxygen atoms in total. The van der Waals surface area contributed by atoms with Gasteiger partial charge in [-0.15, -0.1) is 0 Å². The predicted octanol–water partition coefficient (Wildman–Crippen LogP) is 1.11. The minimum absolute atomic E-state index is 0.449. The van der Waals surface area contributed by atoms with Gasteiger partial charge < -0.3 is 15.9 Å². The van der Waals surface area contributed by atoms with Crippen LogP contribution < -0.4 is 5.73 Å². The van der Waals surface area contributed by atoms with E-state index in [2.05, 4.69) is 0 Å². The van der Waals surface area contributed by atoms with E-state index >= 15 is 0 Å². The van der Waals surface area contributed by atoms with Gasteiger partial charge in [0, 0.05) is 0 Å². The van der Waals surface area contributed by atoms with Crippen molar-refractivity contribution in [3.63, 3.8) is 0 Å². The molecule has 0 aliphatic rings. The summed E-state index contributed by atoms with van der Waals surface area (Å²) in [6.07, 6.45) is -9.48. The monoisotopic (exact) mass is 281 g/mol. The lowest BCUT2D eigenvalue weighted by Gasteiger charge is -2.21. The standard InChI is InChI=1S/C11H11F4NO3/c12-5-1-2-7(11(13,14)15)6(3-5)10(19)8(17)4-9(16)18/h1-3,8,10,17,19H,4H2,(H2,16,18). The lowest BCUT2D eigenvalue weighted by Crippen LogP contribution is -2.27. The summed E-state index contributed by atoms with van der Waals surface area (Å²) in [6, 6.07) is 1.49. The van der Waals surface area contributed by atoms with E-state index in [1.54, 1.807) is 0 Å². The van der Waals surface area contributed by atoms with Crippen LogP contribution in [0.2, 0.25) is 0 Å². The number of primary amides is 1. The molecule has 1 rings (SSSR count). The first-order valence-electron chi connectivity index (χ1n) is 5.14. The van der Waals surface area contributed by atoms with Gasteiger partial charge in [0.1, 0.15) is 11.9 Å². The smallest absolute Gasteiger partial charge is 0.390 e. The van der Waals surface area contributed by atoms with Crippen LogP contribution in [-0.2, 0) is 11.0 Å². The number of alkyl halides is 3. The summed E-state index contributed by atoms with van der Waals surface area (Å²) in [5.41, 5.74) is 2.62. The number of nitrogens with two attached hydrogens (primary N) is 1. The summed E-state index contributed by atoms with van der Waals surface area (Å²) >= 11 is 0. The molecule has 2 atom stereocenters. The molecule has 106 valence electrons. The molecule has 0 saturated heterocycles. The van der Waals surface area contributed by atoms with Gasteiger partial charge in [0.05, 0.1) is 18.1 Å². The summed E-state index contributed by atoms with van der Waals surface area (Å²) < 4.78 is 50.9. The fourth-order valence-electron chi connectivity index (χ4n) is 1.56. The van der Waals surface area contributed by atoms with Crippen molar-refractivity contribution in [2.75, 3.05) is 0 Å². The summed E-state index contributed by atoms with van der Waals surface area (Å²) in [6.45, 7) is 0. The number of hydrogen-bond donors (Lipinski definition) is 3. The van der Waals surface area contributed by atoms with Crippen LogP contribution in [0.4, 0.5) is 17.6 Å². The summed E-state index contributed by atoms with van der Waals surface area (Å²) in [5, 5.41) is 19.0. The number of rotatable bonds is 4. The van der Waals surface area contributed by atoms with E-state index in [1.165, 1.54) is 0 Å². The molecule has 0 saturated carbocycles. The van der Waals surface area contributed by atoms with E-state index in [-0.39, 0.29) is 0 Å². The highest BCUT2D eigenvalue weighted by Gasteiger charge is 2.36. The molecule has 0 radical (unpaired) electrons. The van der Waals surface area contributed by atoms with Gasteiger partial charge in [-0.3, -0.25) is 4.79 Å². The zero-order valence-electron chi connectivity index (χ0n) is 9.49. The highest BCUT2D eigenvalue weighted by Crippen LogP contribution is 2.36. The van der Waals surface area contributed by atoms with E-state index in [1.807, 2.05) is 0 Å². The zero-order chi connectivity index (χ0) is 14.8. The Balaban J connectivity index is 3.17. The van der Waals surface area contributed by atoms with E-state index in [0.717, 1.165) is 0 Å². The molecule has 0 aliphatic carbocycles. The third-order valence-electron chi connectivity index (χ3n) is 2.41. The molecule has 0 fully saturated rings. The molecule has 0 aliphatic heterocycles. The Labute approximate surface area is 105 Å². The summed E-state index contributed by atoms with van der Waals surface area (Å²) in [7, 11) is 0. The van der Waals surface area contributed by atoms with Gasteiger partial charge in [-0.05, 0) is 23.8 Å². The van der Waals surface area contributed by atoms with Gasteiger partial charge in [-0.1, -0.05) is 0 Å². The topological polar surface area (TPSA) is 83.6 Å². The third-order valence-corrected chi connectivity index (χ3v) is 2.41. The fraction of sp³-hybridized carbons (Fsp3) is 0.364. The number of amides is 1. The van der Waals surface area contributed by atoms with Gasteiger partial charge in [0.25, 0.3) is 0 Å². The Bertz CT molecular complexity index is 475. The molecular weight excluding hydrogens is 270 g/mol. The minimum Gasteiger partial charge on any atom is -0.390 e. The number of benzene rings is 1. The van der Waals surface area contributed by atoms with Crippen molar-refractivity contribution in [2.45, 2.75) is 24.8 Å². The Hall–Kier alpha value is -1.67. The van der Waals surface area contributed by atoms with Crippen LogP contribution in [0.5, 0.6) is 0 Å². The molecule has 1 aromatic rings. The molecule has 0 heterocycles. The summed E-state index contributed by atoms with van der Waals surface area (Å²) in [4.78, 5) is 10.5. The van der Waals surface area contributed by atoms with Crippen molar-refractivity contribution in [3.05, 3.63) is 35.1 Å². The van der Waals surface area contributed by atoms with E-state index in [4.69, 9.17) is 5.73 Å².